The fourth-order valence-corrected chi connectivity index (χ4v) is 2.51. The van der Waals surface area contributed by atoms with Gasteiger partial charge in [0.1, 0.15) is 19.0 Å². The standard InChI is InChI=1S/C16H16FN2O3.ClH/c1-18-7-3-2-4-15(18)13-6-5-11(8-14(13)17)19-9-12(10-20)22-16(19)21;/h2-8,12,20H,9-10H2,1H3;1H/q+1;/p-1/t12-;/m1./s1. The molecule has 7 heteroatoms. The summed E-state index contributed by atoms with van der Waals surface area (Å²) < 4.78 is 21.2. The number of aromatic nitrogens is 1. The second-order valence-corrected chi connectivity index (χ2v) is 5.16. The molecule has 0 saturated carbocycles. The molecule has 1 saturated heterocycles. The molecular formula is C16H16ClFN2O3. The summed E-state index contributed by atoms with van der Waals surface area (Å²) >= 11 is 0. The van der Waals surface area contributed by atoms with Crippen molar-refractivity contribution in [3.63, 3.8) is 0 Å². The molecule has 0 radical (unpaired) electrons. The zero-order chi connectivity index (χ0) is 15.7. The second-order valence-electron chi connectivity index (χ2n) is 5.16. The second kappa shape index (κ2) is 6.93. The number of carbonyl (C=O) groups excluding carboxylic acids is 1. The lowest BCUT2D eigenvalue weighted by molar-refractivity contribution is -0.660. The van der Waals surface area contributed by atoms with Crippen LogP contribution in [-0.2, 0) is 11.8 Å². The lowest BCUT2D eigenvalue weighted by Crippen LogP contribution is -3.00. The Hall–Kier alpha value is -2.18. The predicted octanol–water partition coefficient (Wildman–Crippen LogP) is -1.36. The summed E-state index contributed by atoms with van der Waals surface area (Å²) in [5.41, 5.74) is 1.61. The van der Waals surface area contributed by atoms with Gasteiger partial charge < -0.3 is 22.3 Å². The lowest BCUT2D eigenvalue weighted by Gasteiger charge is -2.13. The van der Waals surface area contributed by atoms with Gasteiger partial charge in [0.2, 0.25) is 5.69 Å². The van der Waals surface area contributed by atoms with E-state index in [0.717, 1.165) is 5.69 Å². The van der Waals surface area contributed by atoms with E-state index in [-0.39, 0.29) is 25.6 Å². The third kappa shape index (κ3) is 3.28. The van der Waals surface area contributed by atoms with Gasteiger partial charge in [-0.2, -0.15) is 0 Å². The minimum atomic E-state index is -0.573. The molecule has 1 amide bonds. The molecule has 5 nitrogen and oxygen atoms in total. The molecule has 1 aromatic carbocycles. The first-order chi connectivity index (χ1) is 10.6. The highest BCUT2D eigenvalue weighted by atomic mass is 35.5. The Morgan fingerprint density at radius 3 is 2.78 bits per heavy atom. The van der Waals surface area contributed by atoms with E-state index in [4.69, 9.17) is 9.84 Å². The van der Waals surface area contributed by atoms with Crippen molar-refractivity contribution in [2.45, 2.75) is 6.10 Å². The minimum absolute atomic E-state index is 0. The number of ether oxygens (including phenoxy) is 1. The lowest BCUT2D eigenvalue weighted by atomic mass is 10.1. The maximum atomic E-state index is 14.4. The van der Waals surface area contributed by atoms with Crippen LogP contribution in [0.1, 0.15) is 0 Å². The van der Waals surface area contributed by atoms with Crippen LogP contribution < -0.4 is 21.9 Å². The zero-order valence-corrected chi connectivity index (χ0v) is 13.2. The van der Waals surface area contributed by atoms with Crippen LogP contribution >= 0.6 is 0 Å². The molecule has 0 unspecified atom stereocenters. The predicted molar refractivity (Wildman–Crippen MR) is 77.7 cm³/mol. The van der Waals surface area contributed by atoms with Crippen molar-refractivity contribution in [2.75, 3.05) is 18.1 Å². The molecular weight excluding hydrogens is 323 g/mol. The first-order valence-electron chi connectivity index (χ1n) is 6.93. The zero-order valence-electron chi connectivity index (χ0n) is 12.4. The molecule has 1 fully saturated rings. The van der Waals surface area contributed by atoms with Crippen LogP contribution in [0.3, 0.4) is 0 Å². The van der Waals surface area contributed by atoms with Crippen LogP contribution in [0.15, 0.2) is 42.6 Å². The molecule has 0 bridgehead atoms. The van der Waals surface area contributed by atoms with Crippen molar-refractivity contribution in [1.82, 2.24) is 0 Å². The monoisotopic (exact) mass is 338 g/mol. The van der Waals surface area contributed by atoms with Crippen LogP contribution in [0.2, 0.25) is 0 Å². The van der Waals surface area contributed by atoms with Gasteiger partial charge in [0.05, 0.1) is 24.4 Å². The van der Waals surface area contributed by atoms with Crippen LogP contribution in [0.25, 0.3) is 11.3 Å². The number of hydrogen-bond acceptors (Lipinski definition) is 3. The number of hydrogen-bond donors (Lipinski definition) is 1. The maximum absolute atomic E-state index is 14.4. The molecule has 1 aromatic heterocycles. The quantitative estimate of drug-likeness (QED) is 0.703. The molecule has 1 aliphatic rings. The molecule has 23 heavy (non-hydrogen) atoms. The maximum Gasteiger partial charge on any atom is 0.414 e. The number of aliphatic hydroxyl groups is 1. The number of nitrogens with zero attached hydrogens (tertiary/aromatic N) is 2. The number of aliphatic hydroxyl groups excluding tert-OH is 1. The highest BCUT2D eigenvalue weighted by Gasteiger charge is 2.32. The average Bonchev–Trinajstić information content (AvgIpc) is 2.89. The molecule has 1 N–H and O–H groups in total. The Morgan fingerprint density at radius 1 is 1.39 bits per heavy atom. The van der Waals surface area contributed by atoms with Crippen molar-refractivity contribution in [3.8, 4) is 11.3 Å². The Labute approximate surface area is 139 Å². The number of benzene rings is 1. The van der Waals surface area contributed by atoms with Crippen molar-refractivity contribution >= 4 is 11.8 Å². The third-order valence-electron chi connectivity index (χ3n) is 3.67. The van der Waals surface area contributed by atoms with E-state index >= 15 is 0 Å². The summed E-state index contributed by atoms with van der Waals surface area (Å²) in [5, 5.41) is 9.05. The fourth-order valence-electron chi connectivity index (χ4n) is 2.51. The van der Waals surface area contributed by atoms with Gasteiger partial charge in [0, 0.05) is 12.1 Å². The van der Waals surface area contributed by atoms with Gasteiger partial charge in [-0.3, -0.25) is 4.90 Å². The smallest absolute Gasteiger partial charge is 0.414 e. The Kier molecular flexibility index (Phi) is 5.18. The minimum Gasteiger partial charge on any atom is -1.00 e. The van der Waals surface area contributed by atoms with Gasteiger partial charge in [-0.1, -0.05) is 0 Å². The summed E-state index contributed by atoms with van der Waals surface area (Å²) in [4.78, 5) is 13.0. The Morgan fingerprint density at radius 2 is 2.17 bits per heavy atom. The van der Waals surface area contributed by atoms with E-state index in [0.29, 0.717) is 11.3 Å². The van der Waals surface area contributed by atoms with Crippen molar-refractivity contribution in [1.29, 1.82) is 0 Å². The average molecular weight is 339 g/mol. The largest absolute Gasteiger partial charge is 1.00 e. The van der Waals surface area contributed by atoms with Gasteiger partial charge in [-0.15, -0.1) is 0 Å². The molecule has 3 rings (SSSR count). The van der Waals surface area contributed by atoms with Crippen LogP contribution in [0.5, 0.6) is 0 Å². The molecule has 0 aliphatic carbocycles. The first kappa shape index (κ1) is 17.2. The molecule has 1 aliphatic heterocycles. The summed E-state index contributed by atoms with van der Waals surface area (Å²) in [5.74, 6) is -0.417. The first-order valence-corrected chi connectivity index (χ1v) is 6.93. The molecule has 0 spiro atoms. The van der Waals surface area contributed by atoms with E-state index in [1.54, 1.807) is 12.1 Å². The SMILES string of the molecule is C[n+]1ccccc1-c1ccc(N2C[C@H](CO)OC2=O)cc1F.[Cl-]. The van der Waals surface area contributed by atoms with E-state index in [2.05, 4.69) is 0 Å². The summed E-state index contributed by atoms with van der Waals surface area (Å²) in [7, 11) is 1.84. The number of rotatable bonds is 3. The van der Waals surface area contributed by atoms with Crippen molar-refractivity contribution in [3.05, 3.63) is 48.4 Å². The summed E-state index contributed by atoms with van der Waals surface area (Å²) in [6.07, 6.45) is 0.699. The Bertz CT molecular complexity index is 726. The number of aryl methyl sites for hydroxylation is 1. The van der Waals surface area contributed by atoms with E-state index in [1.165, 1.54) is 11.0 Å². The topological polar surface area (TPSA) is 53.6 Å². The van der Waals surface area contributed by atoms with E-state index < -0.39 is 18.0 Å². The molecule has 2 heterocycles. The highest BCUT2D eigenvalue weighted by molar-refractivity contribution is 5.90. The van der Waals surface area contributed by atoms with Crippen LogP contribution in [0.4, 0.5) is 14.9 Å². The highest BCUT2D eigenvalue weighted by Crippen LogP contribution is 2.27. The number of amides is 1. The van der Waals surface area contributed by atoms with Gasteiger partial charge in [0.25, 0.3) is 0 Å². The number of carbonyl (C=O) groups is 1. The van der Waals surface area contributed by atoms with Gasteiger partial charge in [-0.25, -0.2) is 13.8 Å². The normalized spacial score (nSPS) is 16.9. The van der Waals surface area contributed by atoms with Gasteiger partial charge in [0.15, 0.2) is 6.20 Å². The van der Waals surface area contributed by atoms with E-state index in [1.807, 2.05) is 36.0 Å². The van der Waals surface area contributed by atoms with Gasteiger partial charge >= 0.3 is 6.09 Å². The molecule has 122 valence electrons. The fraction of sp³-hybridized carbons (Fsp3) is 0.250. The molecule has 1 atom stereocenters. The van der Waals surface area contributed by atoms with Gasteiger partial charge in [-0.05, 0) is 24.3 Å². The summed E-state index contributed by atoms with van der Waals surface area (Å²) in [6, 6.07) is 10.1. The Balaban J connectivity index is 0.00000192. The number of pyridine rings is 1. The van der Waals surface area contributed by atoms with Crippen LogP contribution in [-0.4, -0.2) is 30.5 Å². The van der Waals surface area contributed by atoms with Crippen molar-refractivity contribution in [2.24, 2.45) is 7.05 Å². The van der Waals surface area contributed by atoms with Crippen LogP contribution in [0, 0.1) is 5.82 Å². The number of anilines is 1. The third-order valence-corrected chi connectivity index (χ3v) is 3.67. The summed E-state index contributed by atoms with van der Waals surface area (Å²) in [6.45, 7) is -0.0319. The number of halogens is 2. The number of cyclic esters (lactones) is 1. The molecule has 2 aromatic rings. The van der Waals surface area contributed by atoms with Crippen molar-refractivity contribution < 1.29 is 36.0 Å². The van der Waals surface area contributed by atoms with E-state index in [9.17, 15) is 9.18 Å².